The highest BCUT2D eigenvalue weighted by molar-refractivity contribution is 7.92. The van der Waals surface area contributed by atoms with Crippen molar-refractivity contribution >= 4 is 33.0 Å². The van der Waals surface area contributed by atoms with Gasteiger partial charge in [-0.25, -0.2) is 8.42 Å². The maximum Gasteiger partial charge on any atom is 0.264 e. The van der Waals surface area contributed by atoms with Crippen LogP contribution in [0.2, 0.25) is 0 Å². The third-order valence-corrected chi connectivity index (χ3v) is 7.66. The van der Waals surface area contributed by atoms with Crippen molar-refractivity contribution < 1.29 is 13.2 Å². The molecule has 0 atom stereocenters. The van der Waals surface area contributed by atoms with Gasteiger partial charge in [-0.15, -0.1) is 0 Å². The number of hydrogen-bond donors (Lipinski definition) is 1. The first-order valence-corrected chi connectivity index (χ1v) is 12.7. The molecule has 1 N–H and O–H groups in total. The number of sulfonamides is 1. The van der Waals surface area contributed by atoms with Gasteiger partial charge in [0.1, 0.15) is 6.54 Å². The smallest absolute Gasteiger partial charge is 0.264 e. The molecule has 0 aliphatic carbocycles. The van der Waals surface area contributed by atoms with E-state index in [1.807, 2.05) is 43.3 Å². The van der Waals surface area contributed by atoms with Crippen LogP contribution in [0.3, 0.4) is 0 Å². The summed E-state index contributed by atoms with van der Waals surface area (Å²) in [5.41, 5.74) is 3.16. The summed E-state index contributed by atoms with van der Waals surface area (Å²) in [4.78, 5) is 15.5. The molecule has 6 nitrogen and oxygen atoms in total. The average molecular weight is 464 g/mol. The van der Waals surface area contributed by atoms with Crippen molar-refractivity contribution in [3.63, 3.8) is 0 Å². The fourth-order valence-corrected chi connectivity index (χ4v) is 5.61. The quantitative estimate of drug-likeness (QED) is 0.527. The summed E-state index contributed by atoms with van der Waals surface area (Å²) in [5.74, 6) is -0.394. The molecule has 0 spiro atoms. The lowest BCUT2D eigenvalue weighted by Crippen LogP contribution is -2.38. The van der Waals surface area contributed by atoms with Crippen molar-refractivity contribution in [3.8, 4) is 0 Å². The predicted molar refractivity (Wildman–Crippen MR) is 133 cm³/mol. The van der Waals surface area contributed by atoms with Crippen LogP contribution >= 0.6 is 0 Å². The monoisotopic (exact) mass is 463 g/mol. The number of nitrogens with zero attached hydrogens (tertiary/aromatic N) is 2. The number of rotatable bonds is 8. The van der Waals surface area contributed by atoms with Gasteiger partial charge < -0.3 is 10.2 Å². The minimum absolute atomic E-state index is 0.152. The zero-order valence-corrected chi connectivity index (χ0v) is 19.6. The fourth-order valence-electron chi connectivity index (χ4n) is 4.13. The minimum atomic E-state index is -3.93. The van der Waals surface area contributed by atoms with E-state index in [1.54, 1.807) is 42.5 Å². The van der Waals surface area contributed by atoms with Gasteiger partial charge in [0.25, 0.3) is 10.0 Å². The van der Waals surface area contributed by atoms with Gasteiger partial charge in [-0.2, -0.15) is 0 Å². The molecule has 4 rings (SSSR count). The Morgan fingerprint density at radius 3 is 2.21 bits per heavy atom. The molecule has 1 aliphatic rings. The van der Waals surface area contributed by atoms with Gasteiger partial charge in [0.05, 0.1) is 10.6 Å². The molecule has 33 heavy (non-hydrogen) atoms. The van der Waals surface area contributed by atoms with Gasteiger partial charge in [-0.3, -0.25) is 9.10 Å². The normalized spacial score (nSPS) is 13.7. The summed E-state index contributed by atoms with van der Waals surface area (Å²) in [6.07, 6.45) is 3.05. The van der Waals surface area contributed by atoms with E-state index < -0.39 is 15.9 Å². The number of amides is 1. The van der Waals surface area contributed by atoms with Gasteiger partial charge in [0.15, 0.2) is 0 Å². The molecule has 0 aromatic heterocycles. The van der Waals surface area contributed by atoms with Crippen LogP contribution in [0.15, 0.2) is 83.8 Å². The van der Waals surface area contributed by atoms with Crippen LogP contribution in [0.25, 0.3) is 0 Å². The minimum Gasteiger partial charge on any atom is -0.372 e. The van der Waals surface area contributed by atoms with Gasteiger partial charge >= 0.3 is 0 Å². The Balaban J connectivity index is 1.58. The van der Waals surface area contributed by atoms with Crippen molar-refractivity contribution in [2.24, 2.45) is 0 Å². The van der Waals surface area contributed by atoms with Crippen molar-refractivity contribution in [1.29, 1.82) is 0 Å². The highest BCUT2D eigenvalue weighted by atomic mass is 32.2. The van der Waals surface area contributed by atoms with Crippen molar-refractivity contribution in [3.05, 3.63) is 84.4 Å². The van der Waals surface area contributed by atoms with Crippen molar-refractivity contribution in [2.45, 2.75) is 31.1 Å². The number of carbonyl (C=O) groups excluding carboxylic acids is 1. The number of aryl methyl sites for hydroxylation is 1. The second-order valence-corrected chi connectivity index (χ2v) is 9.96. The molecule has 1 aliphatic heterocycles. The summed E-state index contributed by atoms with van der Waals surface area (Å²) < 4.78 is 28.2. The van der Waals surface area contributed by atoms with E-state index in [2.05, 4.69) is 10.2 Å². The van der Waals surface area contributed by atoms with Crippen LogP contribution < -0.4 is 14.5 Å². The number of nitrogens with one attached hydrogen (secondary N) is 1. The molecule has 1 saturated heterocycles. The maximum atomic E-state index is 13.5. The largest absolute Gasteiger partial charge is 0.372 e. The highest BCUT2D eigenvalue weighted by Crippen LogP contribution is 2.28. The molecule has 1 amide bonds. The van der Waals surface area contributed by atoms with Crippen molar-refractivity contribution in [1.82, 2.24) is 0 Å². The Labute approximate surface area is 195 Å². The van der Waals surface area contributed by atoms with Gasteiger partial charge in [0, 0.05) is 24.5 Å². The van der Waals surface area contributed by atoms with Gasteiger partial charge in [-0.1, -0.05) is 43.3 Å². The number of hydrogen-bond acceptors (Lipinski definition) is 4. The second-order valence-electron chi connectivity index (χ2n) is 8.10. The standard InChI is InChI=1S/C26H29N3O3S/c1-2-21-10-6-7-13-25(21)29(33(31,32)24-11-4-3-5-12-24)20-26(30)27-22-14-16-23(17-15-22)28-18-8-9-19-28/h3-7,10-17H,2,8-9,18-20H2,1H3,(H,27,30). The molecule has 7 heteroatoms. The van der Waals surface area contributed by atoms with E-state index in [-0.39, 0.29) is 11.4 Å². The van der Waals surface area contributed by atoms with E-state index in [0.717, 1.165) is 24.3 Å². The van der Waals surface area contributed by atoms with Gasteiger partial charge in [0.2, 0.25) is 5.91 Å². The molecular weight excluding hydrogens is 434 g/mol. The third-order valence-electron chi connectivity index (χ3n) is 5.88. The SMILES string of the molecule is CCc1ccccc1N(CC(=O)Nc1ccc(N2CCCC2)cc1)S(=O)(=O)c1ccccc1. The molecule has 0 saturated carbocycles. The van der Waals surface area contributed by atoms with E-state index in [9.17, 15) is 13.2 Å². The molecule has 0 bridgehead atoms. The van der Waals surface area contributed by atoms with E-state index in [0.29, 0.717) is 17.8 Å². The lowest BCUT2D eigenvalue weighted by Gasteiger charge is -2.26. The first-order chi connectivity index (χ1) is 16.0. The summed E-state index contributed by atoms with van der Waals surface area (Å²) >= 11 is 0. The topological polar surface area (TPSA) is 69.7 Å². The number of anilines is 3. The van der Waals surface area contributed by atoms with Crippen LogP contribution in [-0.4, -0.2) is 34.0 Å². The molecule has 3 aromatic carbocycles. The number of carbonyl (C=O) groups is 1. The molecule has 0 unspecified atom stereocenters. The summed E-state index contributed by atoms with van der Waals surface area (Å²) in [7, 11) is -3.93. The Morgan fingerprint density at radius 2 is 1.55 bits per heavy atom. The van der Waals surface area contributed by atoms with E-state index in [4.69, 9.17) is 0 Å². The molecule has 3 aromatic rings. The predicted octanol–water partition coefficient (Wildman–Crippen LogP) is 4.68. The molecule has 0 radical (unpaired) electrons. The van der Waals surface area contributed by atoms with Gasteiger partial charge in [-0.05, 0) is 67.3 Å². The zero-order valence-electron chi connectivity index (χ0n) is 18.8. The van der Waals surface area contributed by atoms with E-state index in [1.165, 1.54) is 17.1 Å². The average Bonchev–Trinajstić information content (AvgIpc) is 3.38. The lowest BCUT2D eigenvalue weighted by molar-refractivity contribution is -0.114. The van der Waals surface area contributed by atoms with E-state index >= 15 is 0 Å². The molecular formula is C26H29N3O3S. The van der Waals surface area contributed by atoms with Crippen LogP contribution in [0.4, 0.5) is 17.1 Å². The Bertz CT molecular complexity index is 1190. The Kier molecular flexibility index (Phi) is 6.99. The summed E-state index contributed by atoms with van der Waals surface area (Å²) in [6.45, 7) is 3.75. The zero-order chi connectivity index (χ0) is 23.3. The van der Waals surface area contributed by atoms with Crippen LogP contribution in [0, 0.1) is 0 Å². The van der Waals surface area contributed by atoms with Crippen LogP contribution in [0.1, 0.15) is 25.3 Å². The lowest BCUT2D eigenvalue weighted by atomic mass is 10.1. The Morgan fingerprint density at radius 1 is 0.909 bits per heavy atom. The number of para-hydroxylation sites is 1. The Hall–Kier alpha value is -3.32. The first kappa shape index (κ1) is 22.9. The van der Waals surface area contributed by atoms with Crippen molar-refractivity contribution in [2.75, 3.05) is 34.2 Å². The summed E-state index contributed by atoms with van der Waals surface area (Å²) in [6, 6.07) is 23.2. The van der Waals surface area contributed by atoms with Crippen LogP contribution in [-0.2, 0) is 21.2 Å². The maximum absolute atomic E-state index is 13.5. The highest BCUT2D eigenvalue weighted by Gasteiger charge is 2.28. The fraction of sp³-hybridized carbons (Fsp3) is 0.269. The molecule has 172 valence electrons. The number of benzene rings is 3. The first-order valence-electron chi connectivity index (χ1n) is 11.3. The second kappa shape index (κ2) is 10.1. The summed E-state index contributed by atoms with van der Waals surface area (Å²) in [5, 5.41) is 2.86. The molecule has 1 heterocycles. The third kappa shape index (κ3) is 5.20. The van der Waals surface area contributed by atoms with Crippen LogP contribution in [0.5, 0.6) is 0 Å². The molecule has 1 fully saturated rings.